The van der Waals surface area contributed by atoms with E-state index in [1.165, 1.54) is 45.3 Å². The van der Waals surface area contributed by atoms with Crippen molar-refractivity contribution in [2.24, 2.45) is 5.92 Å². The van der Waals surface area contributed by atoms with E-state index in [9.17, 15) is 0 Å². The summed E-state index contributed by atoms with van der Waals surface area (Å²) in [5.74, 6) is 0.851. The van der Waals surface area contributed by atoms with Gasteiger partial charge in [-0.1, -0.05) is 26.7 Å². The summed E-state index contributed by atoms with van der Waals surface area (Å²) >= 11 is 0. The van der Waals surface area contributed by atoms with Crippen molar-refractivity contribution in [3.63, 3.8) is 0 Å². The molecule has 0 aliphatic carbocycles. The first-order valence-electron chi connectivity index (χ1n) is 6.73. The highest BCUT2D eigenvalue weighted by Crippen LogP contribution is 2.12. The fourth-order valence-corrected chi connectivity index (χ4v) is 2.62. The van der Waals surface area contributed by atoms with Gasteiger partial charge in [0.05, 0.1) is 0 Å². The zero-order valence-corrected chi connectivity index (χ0v) is 10.8. The first kappa shape index (κ1) is 13.0. The normalized spacial score (nSPS) is 20.0. The number of hydrogen-bond acceptors (Lipinski definition) is 2. The maximum Gasteiger partial charge on any atom is 0.0107 e. The van der Waals surface area contributed by atoms with Crippen LogP contribution >= 0.6 is 0 Å². The van der Waals surface area contributed by atoms with E-state index >= 15 is 0 Å². The molecule has 1 saturated heterocycles. The van der Waals surface area contributed by atoms with Crippen LogP contribution in [0.25, 0.3) is 0 Å². The average Bonchev–Trinajstić information content (AvgIpc) is 2.72. The van der Waals surface area contributed by atoms with Crippen LogP contribution in [0.15, 0.2) is 0 Å². The van der Waals surface area contributed by atoms with Crippen molar-refractivity contribution in [1.29, 1.82) is 0 Å². The third-order valence-electron chi connectivity index (χ3n) is 3.85. The second-order valence-electron chi connectivity index (χ2n) is 4.87. The minimum Gasteiger partial charge on any atom is -0.313 e. The fraction of sp³-hybridized carbons (Fsp3) is 1.00. The molecule has 1 atom stereocenters. The highest BCUT2D eigenvalue weighted by atomic mass is 15.2. The van der Waals surface area contributed by atoms with E-state index < -0.39 is 0 Å². The predicted molar refractivity (Wildman–Crippen MR) is 67.2 cm³/mol. The molecule has 0 bridgehead atoms. The van der Waals surface area contributed by atoms with Crippen LogP contribution in [0.3, 0.4) is 0 Å². The highest BCUT2D eigenvalue weighted by molar-refractivity contribution is 4.72. The summed E-state index contributed by atoms with van der Waals surface area (Å²) in [5, 5.41) is 3.67. The van der Waals surface area contributed by atoms with Gasteiger partial charge in [-0.2, -0.15) is 0 Å². The van der Waals surface area contributed by atoms with Crippen molar-refractivity contribution in [3.05, 3.63) is 0 Å². The molecule has 15 heavy (non-hydrogen) atoms. The summed E-state index contributed by atoms with van der Waals surface area (Å²) in [5.41, 5.74) is 0. The Labute approximate surface area is 95.4 Å². The number of nitrogens with zero attached hydrogens (tertiary/aromatic N) is 1. The van der Waals surface area contributed by atoms with Gasteiger partial charge in [-0.15, -0.1) is 0 Å². The van der Waals surface area contributed by atoms with E-state index in [0.29, 0.717) is 6.04 Å². The van der Waals surface area contributed by atoms with Gasteiger partial charge in [0.15, 0.2) is 0 Å². The summed E-state index contributed by atoms with van der Waals surface area (Å²) in [6.45, 7) is 12.0. The van der Waals surface area contributed by atoms with Crippen LogP contribution in [0, 0.1) is 5.92 Å². The standard InChI is InChI=1S/C13H28N2/c1-4-13(5-2)12(3)14-8-11-15-9-6-7-10-15/h12-14H,4-11H2,1-3H3. The predicted octanol–water partition coefficient (Wildman–Crippen LogP) is 2.50. The Morgan fingerprint density at radius 1 is 1.13 bits per heavy atom. The molecule has 1 unspecified atom stereocenters. The van der Waals surface area contributed by atoms with Crippen molar-refractivity contribution < 1.29 is 0 Å². The number of hydrogen-bond donors (Lipinski definition) is 1. The second-order valence-corrected chi connectivity index (χ2v) is 4.87. The Balaban J connectivity index is 2.07. The van der Waals surface area contributed by atoms with Crippen LogP contribution in [0.1, 0.15) is 46.5 Å². The van der Waals surface area contributed by atoms with Gasteiger partial charge in [-0.05, 0) is 38.8 Å². The summed E-state index contributed by atoms with van der Waals surface area (Å²) in [6, 6.07) is 0.683. The average molecular weight is 212 g/mol. The molecule has 0 aromatic carbocycles. The van der Waals surface area contributed by atoms with Crippen LogP contribution in [-0.4, -0.2) is 37.1 Å². The maximum atomic E-state index is 3.67. The molecule has 0 amide bonds. The Kier molecular flexibility index (Phi) is 6.26. The second kappa shape index (κ2) is 7.24. The molecule has 90 valence electrons. The topological polar surface area (TPSA) is 15.3 Å². The van der Waals surface area contributed by atoms with E-state index in [1.807, 2.05) is 0 Å². The summed E-state index contributed by atoms with van der Waals surface area (Å²) < 4.78 is 0. The molecule has 2 heteroatoms. The van der Waals surface area contributed by atoms with Gasteiger partial charge in [0.2, 0.25) is 0 Å². The summed E-state index contributed by atoms with van der Waals surface area (Å²) in [4.78, 5) is 2.58. The molecule has 1 aliphatic heterocycles. The third kappa shape index (κ3) is 4.52. The van der Waals surface area contributed by atoms with Gasteiger partial charge in [0.1, 0.15) is 0 Å². The third-order valence-corrected chi connectivity index (χ3v) is 3.85. The first-order chi connectivity index (χ1) is 7.27. The van der Waals surface area contributed by atoms with Crippen molar-refractivity contribution in [1.82, 2.24) is 10.2 Å². The monoisotopic (exact) mass is 212 g/mol. The van der Waals surface area contributed by atoms with Crippen molar-refractivity contribution in [2.45, 2.75) is 52.5 Å². The van der Waals surface area contributed by atoms with Gasteiger partial charge in [-0.3, -0.25) is 0 Å². The molecular formula is C13H28N2. The Morgan fingerprint density at radius 2 is 1.73 bits per heavy atom. The number of nitrogens with one attached hydrogen (secondary N) is 1. The lowest BCUT2D eigenvalue weighted by Gasteiger charge is -2.24. The summed E-state index contributed by atoms with van der Waals surface area (Å²) in [6.07, 6.45) is 5.41. The van der Waals surface area contributed by atoms with Crippen LogP contribution < -0.4 is 5.32 Å². The molecule has 0 aromatic heterocycles. The molecular weight excluding hydrogens is 184 g/mol. The largest absolute Gasteiger partial charge is 0.313 e. The minimum atomic E-state index is 0.683. The van der Waals surface area contributed by atoms with Gasteiger partial charge < -0.3 is 10.2 Å². The Morgan fingerprint density at radius 3 is 2.27 bits per heavy atom. The molecule has 0 spiro atoms. The molecule has 1 heterocycles. The zero-order valence-electron chi connectivity index (χ0n) is 10.8. The Hall–Kier alpha value is -0.0800. The van der Waals surface area contributed by atoms with Gasteiger partial charge >= 0.3 is 0 Å². The smallest absolute Gasteiger partial charge is 0.0107 e. The van der Waals surface area contributed by atoms with Crippen molar-refractivity contribution in [2.75, 3.05) is 26.2 Å². The van der Waals surface area contributed by atoms with E-state index in [4.69, 9.17) is 0 Å². The molecule has 1 fully saturated rings. The molecule has 0 saturated carbocycles. The fourth-order valence-electron chi connectivity index (χ4n) is 2.62. The van der Waals surface area contributed by atoms with E-state index in [1.54, 1.807) is 0 Å². The molecule has 1 aliphatic rings. The Bertz CT molecular complexity index is 149. The van der Waals surface area contributed by atoms with Crippen LogP contribution in [0.2, 0.25) is 0 Å². The van der Waals surface area contributed by atoms with Crippen LogP contribution in [0.5, 0.6) is 0 Å². The zero-order chi connectivity index (χ0) is 11.1. The van der Waals surface area contributed by atoms with E-state index in [-0.39, 0.29) is 0 Å². The van der Waals surface area contributed by atoms with Crippen molar-refractivity contribution >= 4 is 0 Å². The van der Waals surface area contributed by atoms with Crippen molar-refractivity contribution in [3.8, 4) is 0 Å². The summed E-state index contributed by atoms with van der Waals surface area (Å²) in [7, 11) is 0. The number of rotatable bonds is 7. The molecule has 1 rings (SSSR count). The quantitative estimate of drug-likeness (QED) is 0.697. The lowest BCUT2D eigenvalue weighted by molar-refractivity contribution is 0.302. The van der Waals surface area contributed by atoms with E-state index in [0.717, 1.165) is 12.5 Å². The number of likely N-dealkylation sites (tertiary alicyclic amines) is 1. The molecule has 0 aromatic rings. The molecule has 1 N–H and O–H groups in total. The van der Waals surface area contributed by atoms with Gasteiger partial charge in [0, 0.05) is 19.1 Å². The van der Waals surface area contributed by atoms with Crippen LogP contribution in [0.4, 0.5) is 0 Å². The lowest BCUT2D eigenvalue weighted by atomic mass is 9.95. The molecule has 0 radical (unpaired) electrons. The first-order valence-corrected chi connectivity index (χ1v) is 6.73. The van der Waals surface area contributed by atoms with Crippen LogP contribution in [-0.2, 0) is 0 Å². The van der Waals surface area contributed by atoms with Gasteiger partial charge in [-0.25, -0.2) is 0 Å². The molecule has 2 nitrogen and oxygen atoms in total. The lowest BCUT2D eigenvalue weighted by Crippen LogP contribution is -2.38. The maximum absolute atomic E-state index is 3.67. The van der Waals surface area contributed by atoms with Gasteiger partial charge in [0.25, 0.3) is 0 Å². The minimum absolute atomic E-state index is 0.683. The highest BCUT2D eigenvalue weighted by Gasteiger charge is 2.14. The van der Waals surface area contributed by atoms with E-state index in [2.05, 4.69) is 31.0 Å². The SMILES string of the molecule is CCC(CC)C(C)NCCN1CCCC1.